The maximum Gasteiger partial charge on any atom is 0.271 e. The van der Waals surface area contributed by atoms with Gasteiger partial charge in [0.1, 0.15) is 5.75 Å². The van der Waals surface area contributed by atoms with Crippen molar-refractivity contribution in [3.63, 3.8) is 0 Å². The molecule has 1 N–H and O–H groups in total. The maximum absolute atomic E-state index is 13.4. The van der Waals surface area contributed by atoms with E-state index in [1.54, 1.807) is 23.1 Å². The summed E-state index contributed by atoms with van der Waals surface area (Å²) in [6, 6.07) is 19.1. The molecule has 1 aliphatic rings. The third kappa shape index (κ3) is 4.79. The fourth-order valence-corrected chi connectivity index (χ4v) is 5.29. The number of aromatic hydroxyl groups is 1. The molecule has 1 aliphatic heterocycles. The molecule has 7 heteroatoms. The Bertz CT molecular complexity index is 1220. The van der Waals surface area contributed by atoms with Crippen LogP contribution in [-0.4, -0.2) is 16.2 Å². The summed E-state index contributed by atoms with van der Waals surface area (Å²) < 4.78 is 1.34. The number of phenols is 1. The number of amides is 1. The fraction of sp³-hybridized carbons (Fsp3) is 0.0833. The average Bonchev–Trinajstić information content (AvgIpc) is 3.03. The second-order valence-electron chi connectivity index (χ2n) is 7.14. The van der Waals surface area contributed by atoms with Crippen molar-refractivity contribution in [2.45, 2.75) is 13.8 Å². The Balaban J connectivity index is 1.80. The van der Waals surface area contributed by atoms with Gasteiger partial charge in [-0.25, -0.2) is 4.99 Å². The lowest BCUT2D eigenvalue weighted by Gasteiger charge is -2.16. The first-order valence-corrected chi connectivity index (χ1v) is 11.9. The molecule has 0 atom stereocenters. The lowest BCUT2D eigenvalue weighted by Crippen LogP contribution is -2.28. The number of hydrogen-bond donors (Lipinski definition) is 1. The van der Waals surface area contributed by atoms with E-state index in [0.29, 0.717) is 20.1 Å². The van der Waals surface area contributed by atoms with Gasteiger partial charge in [-0.1, -0.05) is 51.3 Å². The standard InChI is InChI=1S/C24H18Br2N2O2S/c1-14-3-7-18(8-4-14)27-24-28(19-9-5-15(2)6-10-19)23(30)21(31-24)12-16-11-17(25)13-20(26)22(16)29/h3-13,29H,1-2H3/b21-12-,27-24?. The highest BCUT2D eigenvalue weighted by Gasteiger charge is 2.35. The van der Waals surface area contributed by atoms with Gasteiger partial charge in [-0.15, -0.1) is 0 Å². The van der Waals surface area contributed by atoms with Crippen molar-refractivity contribution in [2.24, 2.45) is 4.99 Å². The van der Waals surface area contributed by atoms with Gasteiger partial charge in [0.05, 0.1) is 20.8 Å². The highest BCUT2D eigenvalue weighted by Crippen LogP contribution is 2.40. The molecule has 0 spiro atoms. The Morgan fingerprint density at radius 3 is 2.23 bits per heavy atom. The molecule has 0 aromatic heterocycles. The van der Waals surface area contributed by atoms with Crippen LogP contribution < -0.4 is 4.90 Å². The molecule has 4 nitrogen and oxygen atoms in total. The highest BCUT2D eigenvalue weighted by atomic mass is 79.9. The summed E-state index contributed by atoms with van der Waals surface area (Å²) >= 11 is 8.06. The van der Waals surface area contributed by atoms with Gasteiger partial charge < -0.3 is 5.11 Å². The number of carbonyl (C=O) groups excluding carboxylic acids is 1. The molecular weight excluding hydrogens is 540 g/mol. The summed E-state index contributed by atoms with van der Waals surface area (Å²) in [7, 11) is 0. The van der Waals surface area contributed by atoms with Gasteiger partial charge in [-0.05, 0) is 84.0 Å². The fourth-order valence-electron chi connectivity index (χ4n) is 3.04. The number of aryl methyl sites for hydroxylation is 2. The minimum absolute atomic E-state index is 0.0786. The largest absolute Gasteiger partial charge is 0.506 e. The SMILES string of the molecule is Cc1ccc(N=C2S/C(=C\c3cc(Br)cc(Br)c3O)C(=O)N2c2ccc(C)cc2)cc1. The van der Waals surface area contributed by atoms with E-state index in [4.69, 9.17) is 4.99 Å². The molecule has 0 aliphatic carbocycles. The van der Waals surface area contributed by atoms with Gasteiger partial charge in [0, 0.05) is 10.0 Å². The number of hydrogen-bond acceptors (Lipinski definition) is 4. The van der Waals surface area contributed by atoms with Crippen molar-refractivity contribution in [2.75, 3.05) is 4.90 Å². The molecule has 156 valence electrons. The number of thioether (sulfide) groups is 1. The molecule has 4 rings (SSSR count). The van der Waals surface area contributed by atoms with Crippen LogP contribution in [0.5, 0.6) is 5.75 Å². The zero-order valence-electron chi connectivity index (χ0n) is 16.8. The van der Waals surface area contributed by atoms with Crippen LogP contribution in [0.4, 0.5) is 11.4 Å². The molecule has 0 unspecified atom stereocenters. The van der Waals surface area contributed by atoms with Crippen LogP contribution in [0.15, 0.2) is 79.5 Å². The number of amidine groups is 1. The number of nitrogens with zero attached hydrogens (tertiary/aromatic N) is 2. The molecule has 1 heterocycles. The van der Waals surface area contributed by atoms with Crippen LogP contribution in [-0.2, 0) is 4.79 Å². The minimum Gasteiger partial charge on any atom is -0.506 e. The first-order valence-electron chi connectivity index (χ1n) is 9.46. The van der Waals surface area contributed by atoms with Gasteiger partial charge in [-0.2, -0.15) is 0 Å². The lowest BCUT2D eigenvalue weighted by molar-refractivity contribution is -0.113. The van der Waals surface area contributed by atoms with E-state index in [-0.39, 0.29) is 11.7 Å². The smallest absolute Gasteiger partial charge is 0.271 e. The van der Waals surface area contributed by atoms with Crippen LogP contribution in [0.1, 0.15) is 16.7 Å². The summed E-state index contributed by atoms with van der Waals surface area (Å²) in [6.45, 7) is 4.03. The third-order valence-electron chi connectivity index (χ3n) is 4.70. The number of rotatable bonds is 3. The number of anilines is 1. The van der Waals surface area contributed by atoms with Crippen LogP contribution in [0.25, 0.3) is 6.08 Å². The molecule has 3 aromatic carbocycles. The second-order valence-corrected chi connectivity index (χ2v) is 9.92. The molecular formula is C24H18Br2N2O2S. The van der Waals surface area contributed by atoms with Gasteiger partial charge in [0.2, 0.25) is 0 Å². The molecule has 0 saturated carbocycles. The zero-order chi connectivity index (χ0) is 22.1. The van der Waals surface area contributed by atoms with Gasteiger partial charge >= 0.3 is 0 Å². The first kappa shape index (κ1) is 21.9. The molecule has 1 amide bonds. The monoisotopic (exact) mass is 556 g/mol. The molecule has 0 bridgehead atoms. The Morgan fingerprint density at radius 2 is 1.58 bits per heavy atom. The number of halogens is 2. The van der Waals surface area contributed by atoms with Gasteiger partial charge in [-0.3, -0.25) is 9.69 Å². The minimum atomic E-state index is -0.185. The molecule has 1 saturated heterocycles. The lowest BCUT2D eigenvalue weighted by atomic mass is 10.1. The van der Waals surface area contributed by atoms with Crippen molar-refractivity contribution in [3.05, 3.63) is 91.2 Å². The molecule has 0 radical (unpaired) electrons. The zero-order valence-corrected chi connectivity index (χ0v) is 20.8. The predicted octanol–water partition coefficient (Wildman–Crippen LogP) is 7.34. The highest BCUT2D eigenvalue weighted by molar-refractivity contribution is 9.11. The van der Waals surface area contributed by atoms with Crippen molar-refractivity contribution in [3.8, 4) is 5.75 Å². The van der Waals surface area contributed by atoms with Crippen molar-refractivity contribution in [1.29, 1.82) is 0 Å². The van der Waals surface area contributed by atoms with Gasteiger partial charge in [0.25, 0.3) is 5.91 Å². The van der Waals surface area contributed by atoms with Crippen molar-refractivity contribution >= 4 is 72.1 Å². The quantitative estimate of drug-likeness (QED) is 0.343. The molecule has 3 aromatic rings. The number of benzene rings is 3. The third-order valence-corrected chi connectivity index (χ3v) is 6.73. The summed E-state index contributed by atoms with van der Waals surface area (Å²) in [4.78, 5) is 20.2. The van der Waals surface area contributed by atoms with E-state index in [9.17, 15) is 9.90 Å². The van der Waals surface area contributed by atoms with E-state index < -0.39 is 0 Å². The van der Waals surface area contributed by atoms with Crippen molar-refractivity contribution < 1.29 is 9.90 Å². The topological polar surface area (TPSA) is 52.9 Å². The normalized spacial score (nSPS) is 16.5. The van der Waals surface area contributed by atoms with E-state index in [1.165, 1.54) is 11.8 Å². The van der Waals surface area contributed by atoms with E-state index >= 15 is 0 Å². The first-order chi connectivity index (χ1) is 14.8. The number of aliphatic imine (C=N–C) groups is 1. The van der Waals surface area contributed by atoms with E-state index in [1.807, 2.05) is 62.4 Å². The van der Waals surface area contributed by atoms with E-state index in [2.05, 4.69) is 31.9 Å². The van der Waals surface area contributed by atoms with Gasteiger partial charge in [0.15, 0.2) is 5.17 Å². The summed E-state index contributed by atoms with van der Waals surface area (Å²) in [5.74, 6) is -0.106. The van der Waals surface area contributed by atoms with Crippen LogP contribution in [0, 0.1) is 13.8 Å². The maximum atomic E-state index is 13.4. The molecule has 1 fully saturated rings. The summed E-state index contributed by atoms with van der Waals surface area (Å²) in [6.07, 6.45) is 1.69. The average molecular weight is 558 g/mol. The van der Waals surface area contributed by atoms with Crippen LogP contribution >= 0.6 is 43.6 Å². The molecule has 31 heavy (non-hydrogen) atoms. The summed E-state index contributed by atoms with van der Waals surface area (Å²) in [5.41, 5.74) is 4.31. The Kier molecular flexibility index (Phi) is 6.36. The summed E-state index contributed by atoms with van der Waals surface area (Å²) in [5, 5.41) is 11.0. The van der Waals surface area contributed by atoms with Crippen molar-refractivity contribution in [1.82, 2.24) is 0 Å². The van der Waals surface area contributed by atoms with E-state index in [0.717, 1.165) is 27.0 Å². The van der Waals surface area contributed by atoms with Crippen LogP contribution in [0.3, 0.4) is 0 Å². The number of carbonyl (C=O) groups is 1. The number of phenolic OH excluding ortho intramolecular Hbond substituents is 1. The second kappa shape index (κ2) is 9.02. The van der Waals surface area contributed by atoms with Crippen LogP contribution in [0.2, 0.25) is 0 Å². The Labute approximate surface area is 202 Å². The Hall–Kier alpha value is -2.35. The predicted molar refractivity (Wildman–Crippen MR) is 136 cm³/mol. The Morgan fingerprint density at radius 1 is 0.968 bits per heavy atom.